The number of carboxylic acids is 1. The van der Waals surface area contributed by atoms with Crippen LogP contribution >= 0.6 is 23.4 Å². The van der Waals surface area contributed by atoms with Crippen LogP contribution in [-0.4, -0.2) is 53.5 Å². The minimum atomic E-state index is -1.45. The number of carboxylic acid groups (broad SMARTS) is 1. The maximum Gasteiger partial charge on any atom is 0.309 e. The van der Waals surface area contributed by atoms with Crippen LogP contribution in [0.15, 0.2) is 47.5 Å². The highest BCUT2D eigenvalue weighted by atomic mass is 35.5. The van der Waals surface area contributed by atoms with E-state index in [1.165, 1.54) is 31.1 Å². The fourth-order valence-corrected chi connectivity index (χ4v) is 6.16. The minimum Gasteiger partial charge on any atom is -0.497 e. The zero-order valence-corrected chi connectivity index (χ0v) is 22.6. The number of piperidine rings is 1. The number of nitrogens with zero attached hydrogens (tertiary/aromatic N) is 2. The van der Waals surface area contributed by atoms with Gasteiger partial charge in [0.25, 0.3) is 0 Å². The van der Waals surface area contributed by atoms with Gasteiger partial charge in [-0.2, -0.15) is 0 Å². The van der Waals surface area contributed by atoms with Crippen LogP contribution in [0.1, 0.15) is 43.8 Å². The number of hydrogen-bond donors (Lipinski definition) is 1. The summed E-state index contributed by atoms with van der Waals surface area (Å²) in [5.74, 6) is -1.41. The molecule has 0 aliphatic carbocycles. The van der Waals surface area contributed by atoms with Gasteiger partial charge in [-0.05, 0) is 87.8 Å². The topological polar surface area (TPSA) is 62.7 Å². The molecule has 1 aliphatic rings. The Morgan fingerprint density at radius 1 is 1.26 bits per heavy atom. The van der Waals surface area contributed by atoms with E-state index in [0.717, 1.165) is 19.0 Å². The Labute approximate surface area is 229 Å². The first-order valence-corrected chi connectivity index (χ1v) is 13.9. The fourth-order valence-electron chi connectivity index (χ4n) is 5.00. The van der Waals surface area contributed by atoms with Crippen LogP contribution < -0.4 is 4.74 Å². The van der Waals surface area contributed by atoms with Crippen molar-refractivity contribution in [2.45, 2.75) is 43.2 Å². The highest BCUT2D eigenvalue weighted by Crippen LogP contribution is 2.42. The third-order valence-electron chi connectivity index (χ3n) is 7.32. The number of benzene rings is 2. The van der Waals surface area contributed by atoms with Crippen LogP contribution in [0.5, 0.6) is 5.75 Å². The molecule has 0 amide bonds. The third-order valence-corrected chi connectivity index (χ3v) is 8.74. The van der Waals surface area contributed by atoms with Gasteiger partial charge in [0.15, 0.2) is 11.6 Å². The van der Waals surface area contributed by atoms with E-state index in [0.29, 0.717) is 53.9 Å². The summed E-state index contributed by atoms with van der Waals surface area (Å²) in [7, 11) is 1.53. The molecular weight excluding hydrogens is 537 g/mol. The smallest absolute Gasteiger partial charge is 0.309 e. The number of ether oxygens (including phenoxy) is 1. The molecule has 0 bridgehead atoms. The Balaban J connectivity index is 1.33. The van der Waals surface area contributed by atoms with Gasteiger partial charge in [-0.3, -0.25) is 9.78 Å². The van der Waals surface area contributed by atoms with Crippen molar-refractivity contribution in [3.05, 3.63) is 64.8 Å². The van der Waals surface area contributed by atoms with Crippen LogP contribution in [0, 0.1) is 17.0 Å². The summed E-state index contributed by atoms with van der Waals surface area (Å²) < 4.78 is 48.1. The molecule has 1 aliphatic heterocycles. The van der Waals surface area contributed by atoms with Crippen molar-refractivity contribution in [3.63, 3.8) is 0 Å². The summed E-state index contributed by atoms with van der Waals surface area (Å²) in [5, 5.41) is 10.8. The van der Waals surface area contributed by atoms with Gasteiger partial charge in [0.05, 0.1) is 23.1 Å². The molecule has 0 radical (unpaired) electrons. The van der Waals surface area contributed by atoms with Crippen LogP contribution in [-0.2, 0) is 4.79 Å². The molecule has 1 N–H and O–H groups in total. The molecule has 1 aromatic heterocycles. The maximum atomic E-state index is 15.6. The monoisotopic (exact) mass is 566 g/mol. The number of likely N-dealkylation sites (tertiary alicyclic amines) is 1. The lowest BCUT2D eigenvalue weighted by atomic mass is 9.74. The summed E-state index contributed by atoms with van der Waals surface area (Å²) in [5.41, 5.74) is -0.110. The van der Waals surface area contributed by atoms with E-state index in [-0.39, 0.29) is 22.8 Å². The Bertz CT molecular complexity index is 1290. The van der Waals surface area contributed by atoms with Crippen LogP contribution in [0.4, 0.5) is 13.2 Å². The molecule has 0 unspecified atom stereocenters. The average molecular weight is 567 g/mol. The summed E-state index contributed by atoms with van der Waals surface area (Å²) in [6.07, 6.45) is 1.77. The molecular formula is C28H30ClF3N2O3S. The second-order valence-corrected chi connectivity index (χ2v) is 11.1. The number of carbonyl (C=O) groups is 1. The largest absolute Gasteiger partial charge is 0.497 e. The number of halogens is 4. The van der Waals surface area contributed by atoms with Crippen molar-refractivity contribution in [1.29, 1.82) is 0 Å². The predicted octanol–water partition coefficient (Wildman–Crippen LogP) is 7.32. The van der Waals surface area contributed by atoms with Gasteiger partial charge in [-0.25, -0.2) is 13.2 Å². The first-order valence-electron chi connectivity index (χ1n) is 12.5. The first kappa shape index (κ1) is 28.5. The molecule has 3 aromatic rings. The van der Waals surface area contributed by atoms with Gasteiger partial charge in [-0.15, -0.1) is 11.8 Å². The third kappa shape index (κ3) is 6.38. The Morgan fingerprint density at radius 3 is 2.74 bits per heavy atom. The van der Waals surface area contributed by atoms with E-state index >= 15 is 4.39 Å². The lowest BCUT2D eigenvalue weighted by Crippen LogP contribution is -2.44. The number of alkyl halides is 1. The van der Waals surface area contributed by atoms with E-state index in [9.17, 15) is 18.7 Å². The van der Waals surface area contributed by atoms with Crippen molar-refractivity contribution in [3.8, 4) is 5.75 Å². The van der Waals surface area contributed by atoms with Gasteiger partial charge < -0.3 is 14.7 Å². The highest BCUT2D eigenvalue weighted by molar-refractivity contribution is 7.99. The quantitative estimate of drug-likeness (QED) is 0.194. The van der Waals surface area contributed by atoms with Crippen molar-refractivity contribution >= 4 is 40.2 Å². The van der Waals surface area contributed by atoms with Crippen molar-refractivity contribution in [2.24, 2.45) is 5.41 Å². The van der Waals surface area contributed by atoms with Crippen molar-refractivity contribution in [1.82, 2.24) is 9.88 Å². The predicted molar refractivity (Wildman–Crippen MR) is 144 cm³/mol. The summed E-state index contributed by atoms with van der Waals surface area (Å²) in [6.45, 7) is 1.89. The normalized spacial score (nSPS) is 16.4. The lowest BCUT2D eigenvalue weighted by Gasteiger charge is -2.39. The van der Waals surface area contributed by atoms with Gasteiger partial charge >= 0.3 is 5.97 Å². The number of fused-ring (bicyclic) bond motifs is 1. The fraction of sp³-hybridized carbons (Fsp3) is 0.429. The molecule has 10 heteroatoms. The number of aliphatic carboxylic acids is 1. The second-order valence-electron chi connectivity index (χ2n) is 9.59. The summed E-state index contributed by atoms with van der Waals surface area (Å²) in [6, 6.07) is 9.32. The number of pyridine rings is 1. The summed E-state index contributed by atoms with van der Waals surface area (Å²) in [4.78, 5) is 19.0. The SMILES string of the molecule is COc1ccc2ncc(Cl)c([C@H](F)CCC3(C(=O)O)CCN(CCCSc4cccc(F)c4F)CC3)c2c1. The van der Waals surface area contributed by atoms with E-state index in [2.05, 4.69) is 9.88 Å². The number of aromatic nitrogens is 1. The number of rotatable bonds is 11. The van der Waals surface area contributed by atoms with E-state index in [1.807, 2.05) is 0 Å². The Hall–Kier alpha value is -2.49. The minimum absolute atomic E-state index is 0.0260. The first-order chi connectivity index (χ1) is 18.2. The molecule has 5 nitrogen and oxygen atoms in total. The Kier molecular flexibility index (Phi) is 9.44. The molecule has 1 fully saturated rings. The number of hydrogen-bond acceptors (Lipinski definition) is 5. The molecule has 2 heterocycles. The van der Waals surface area contributed by atoms with E-state index in [4.69, 9.17) is 16.3 Å². The highest BCUT2D eigenvalue weighted by Gasteiger charge is 2.41. The Morgan fingerprint density at radius 2 is 2.03 bits per heavy atom. The van der Waals surface area contributed by atoms with Crippen molar-refractivity contribution in [2.75, 3.05) is 32.5 Å². The van der Waals surface area contributed by atoms with Gasteiger partial charge in [-0.1, -0.05) is 17.7 Å². The molecule has 1 saturated heterocycles. The van der Waals surface area contributed by atoms with Gasteiger partial charge in [0.1, 0.15) is 11.9 Å². The average Bonchev–Trinajstić information content (AvgIpc) is 2.92. The van der Waals surface area contributed by atoms with Crippen LogP contribution in [0.3, 0.4) is 0 Å². The van der Waals surface area contributed by atoms with Crippen molar-refractivity contribution < 1.29 is 27.8 Å². The standard InChI is InChI=1S/C28H30ClF3N2O3S/c1-37-18-6-7-23-19(16-18)25(20(29)17-33-23)21(30)8-9-28(27(35)36)10-13-34(14-11-28)12-3-15-38-24-5-2-4-22(31)26(24)32/h2,4-7,16-17,21H,3,8-15H2,1H3,(H,35,36)/t21-/m1/s1. The number of thioether (sulfide) groups is 1. The van der Waals surface area contributed by atoms with E-state index < -0.39 is 29.2 Å². The summed E-state index contributed by atoms with van der Waals surface area (Å²) >= 11 is 7.61. The van der Waals surface area contributed by atoms with Crippen LogP contribution in [0.25, 0.3) is 10.9 Å². The van der Waals surface area contributed by atoms with Gasteiger partial charge in [0.2, 0.25) is 0 Å². The van der Waals surface area contributed by atoms with Gasteiger partial charge in [0, 0.05) is 22.0 Å². The van der Waals surface area contributed by atoms with E-state index in [1.54, 1.807) is 24.3 Å². The zero-order valence-electron chi connectivity index (χ0n) is 21.1. The molecule has 1 atom stereocenters. The van der Waals surface area contributed by atoms with Crippen LogP contribution in [0.2, 0.25) is 5.02 Å². The molecule has 2 aromatic carbocycles. The second kappa shape index (κ2) is 12.6. The molecule has 0 saturated carbocycles. The molecule has 38 heavy (non-hydrogen) atoms. The molecule has 204 valence electrons. The zero-order chi connectivity index (χ0) is 27.3. The lowest BCUT2D eigenvalue weighted by molar-refractivity contribution is -0.153. The number of methoxy groups -OCH3 is 1. The molecule has 4 rings (SSSR count). The molecule has 0 spiro atoms. The maximum absolute atomic E-state index is 15.6.